The van der Waals surface area contributed by atoms with Crippen molar-refractivity contribution in [3.8, 4) is 0 Å². The fourth-order valence-corrected chi connectivity index (χ4v) is 2.14. The Balaban J connectivity index is 2.01. The molecule has 0 radical (unpaired) electrons. The lowest BCUT2D eigenvalue weighted by Gasteiger charge is -2.30. The van der Waals surface area contributed by atoms with Gasteiger partial charge in [-0.15, -0.1) is 0 Å². The Kier molecular flexibility index (Phi) is 5.60. The van der Waals surface area contributed by atoms with Crippen LogP contribution in [0.3, 0.4) is 0 Å². The number of nitrogens with zero attached hydrogens (tertiary/aromatic N) is 1. The van der Waals surface area contributed by atoms with Gasteiger partial charge in [-0.25, -0.2) is 0 Å². The number of carbonyl (C=O) groups is 1. The van der Waals surface area contributed by atoms with Crippen LogP contribution in [0.5, 0.6) is 0 Å². The first kappa shape index (κ1) is 11.5. The highest BCUT2D eigenvalue weighted by molar-refractivity contribution is 5.45. The van der Waals surface area contributed by atoms with Crippen molar-refractivity contribution in [3.05, 3.63) is 0 Å². The van der Waals surface area contributed by atoms with E-state index in [4.69, 9.17) is 0 Å². The normalized spacial score (nSPS) is 19.5. The van der Waals surface area contributed by atoms with Crippen LogP contribution in [0.4, 0.5) is 0 Å². The second-order valence-corrected chi connectivity index (χ2v) is 4.09. The van der Waals surface area contributed by atoms with Crippen LogP contribution < -0.4 is 5.32 Å². The molecule has 1 aliphatic heterocycles. The first-order valence-corrected chi connectivity index (χ1v) is 5.76. The summed E-state index contributed by atoms with van der Waals surface area (Å²) in [4.78, 5) is 12.5. The van der Waals surface area contributed by atoms with Crippen molar-refractivity contribution in [1.29, 1.82) is 0 Å². The van der Waals surface area contributed by atoms with Gasteiger partial charge in [0.1, 0.15) is 0 Å². The summed E-state index contributed by atoms with van der Waals surface area (Å²) in [5, 5.41) is 2.72. The monoisotopic (exact) mass is 198 g/mol. The number of carbonyl (C=O) groups excluding carboxylic acids is 1. The maximum Gasteiger partial charge on any atom is 0.207 e. The first-order valence-electron chi connectivity index (χ1n) is 5.76. The molecule has 1 amide bonds. The molecule has 14 heavy (non-hydrogen) atoms. The van der Waals surface area contributed by atoms with E-state index in [-0.39, 0.29) is 0 Å². The van der Waals surface area contributed by atoms with Crippen LogP contribution in [0.15, 0.2) is 0 Å². The molecule has 1 fully saturated rings. The number of hydrogen-bond acceptors (Lipinski definition) is 2. The number of rotatable bonds is 6. The van der Waals surface area contributed by atoms with Crippen LogP contribution in [0.1, 0.15) is 32.6 Å². The van der Waals surface area contributed by atoms with Gasteiger partial charge in [-0.2, -0.15) is 0 Å². The van der Waals surface area contributed by atoms with Crippen LogP contribution in [0.25, 0.3) is 0 Å². The van der Waals surface area contributed by atoms with E-state index in [1.165, 1.54) is 38.9 Å². The van der Waals surface area contributed by atoms with Crippen molar-refractivity contribution < 1.29 is 4.79 Å². The van der Waals surface area contributed by atoms with Gasteiger partial charge in [0.2, 0.25) is 6.41 Å². The Morgan fingerprint density at radius 3 is 2.71 bits per heavy atom. The molecule has 0 aromatic rings. The molecule has 1 aliphatic rings. The molecular weight excluding hydrogens is 176 g/mol. The molecule has 0 saturated carbocycles. The smallest absolute Gasteiger partial charge is 0.207 e. The molecule has 3 nitrogen and oxygen atoms in total. The zero-order chi connectivity index (χ0) is 10.2. The van der Waals surface area contributed by atoms with Crippen molar-refractivity contribution in [2.45, 2.75) is 32.6 Å². The van der Waals surface area contributed by atoms with Gasteiger partial charge in [-0.1, -0.05) is 6.92 Å². The second-order valence-electron chi connectivity index (χ2n) is 4.09. The number of hydrogen-bond donors (Lipinski definition) is 1. The van der Waals surface area contributed by atoms with Crippen LogP contribution in [0.2, 0.25) is 0 Å². The molecule has 3 heteroatoms. The lowest BCUT2D eigenvalue weighted by molar-refractivity contribution is -0.109. The van der Waals surface area contributed by atoms with E-state index in [1.807, 2.05) is 0 Å². The highest BCUT2D eigenvalue weighted by Crippen LogP contribution is 2.21. The summed E-state index contributed by atoms with van der Waals surface area (Å²) in [6.07, 6.45) is 5.89. The lowest BCUT2D eigenvalue weighted by Crippen LogP contribution is -2.33. The van der Waals surface area contributed by atoms with Crippen LogP contribution in [-0.2, 0) is 4.79 Å². The number of piperidine rings is 1. The summed E-state index contributed by atoms with van der Waals surface area (Å²) in [6.45, 7) is 6.80. The molecule has 0 aromatic heterocycles. The van der Waals surface area contributed by atoms with Crippen LogP contribution in [-0.4, -0.2) is 37.5 Å². The molecule has 0 spiro atoms. The molecule has 1 saturated heterocycles. The third kappa shape index (κ3) is 4.09. The summed E-state index contributed by atoms with van der Waals surface area (Å²) in [7, 11) is 0. The number of amides is 1. The molecule has 1 rings (SSSR count). The second kappa shape index (κ2) is 6.82. The van der Waals surface area contributed by atoms with Crippen molar-refractivity contribution in [1.82, 2.24) is 10.2 Å². The number of nitrogens with one attached hydrogen (secondary N) is 1. The summed E-state index contributed by atoms with van der Waals surface area (Å²) in [6, 6.07) is 0. The summed E-state index contributed by atoms with van der Waals surface area (Å²) in [5.74, 6) is 0.895. The molecular formula is C11H22N2O. The largest absolute Gasteiger partial charge is 0.359 e. The Morgan fingerprint density at radius 1 is 1.43 bits per heavy atom. The molecule has 0 aliphatic carbocycles. The SMILES string of the molecule is CCN1CCC(CCCNC=O)CC1. The third-order valence-electron chi connectivity index (χ3n) is 3.17. The van der Waals surface area contributed by atoms with Gasteiger partial charge >= 0.3 is 0 Å². The Bertz CT molecular complexity index is 153. The lowest BCUT2D eigenvalue weighted by atomic mass is 9.92. The van der Waals surface area contributed by atoms with Gasteiger partial charge in [0.25, 0.3) is 0 Å². The zero-order valence-corrected chi connectivity index (χ0v) is 9.17. The van der Waals surface area contributed by atoms with E-state index in [2.05, 4.69) is 17.1 Å². The van der Waals surface area contributed by atoms with Crippen molar-refractivity contribution >= 4 is 6.41 Å². The Hall–Kier alpha value is -0.570. The maximum absolute atomic E-state index is 10.0. The third-order valence-corrected chi connectivity index (χ3v) is 3.17. The van der Waals surface area contributed by atoms with Crippen molar-refractivity contribution in [3.63, 3.8) is 0 Å². The highest BCUT2D eigenvalue weighted by Gasteiger charge is 2.16. The van der Waals surface area contributed by atoms with Gasteiger partial charge in [-0.05, 0) is 51.2 Å². The summed E-state index contributed by atoms with van der Waals surface area (Å²) in [5.41, 5.74) is 0. The molecule has 1 heterocycles. The Morgan fingerprint density at radius 2 is 2.14 bits per heavy atom. The fourth-order valence-electron chi connectivity index (χ4n) is 2.14. The van der Waals surface area contributed by atoms with Gasteiger partial charge in [-0.3, -0.25) is 4.79 Å². The minimum Gasteiger partial charge on any atom is -0.359 e. The minimum absolute atomic E-state index is 0.791. The first-order chi connectivity index (χ1) is 6.86. The minimum atomic E-state index is 0.791. The highest BCUT2D eigenvalue weighted by atomic mass is 16.1. The Labute approximate surface area is 86.9 Å². The molecule has 0 atom stereocenters. The predicted molar refractivity (Wildman–Crippen MR) is 58.1 cm³/mol. The van der Waals surface area contributed by atoms with Gasteiger partial charge in [0.15, 0.2) is 0 Å². The average Bonchev–Trinajstić information content (AvgIpc) is 2.25. The zero-order valence-electron chi connectivity index (χ0n) is 9.17. The topological polar surface area (TPSA) is 32.3 Å². The quantitative estimate of drug-likeness (QED) is 0.514. The van der Waals surface area contributed by atoms with E-state index in [0.717, 1.165) is 25.3 Å². The van der Waals surface area contributed by atoms with Crippen LogP contribution in [0, 0.1) is 5.92 Å². The molecule has 0 bridgehead atoms. The van der Waals surface area contributed by atoms with Crippen LogP contribution >= 0.6 is 0 Å². The summed E-state index contributed by atoms with van der Waals surface area (Å²) >= 11 is 0. The van der Waals surface area contributed by atoms with Gasteiger partial charge in [0.05, 0.1) is 0 Å². The van der Waals surface area contributed by atoms with Gasteiger partial charge in [0, 0.05) is 6.54 Å². The summed E-state index contributed by atoms with van der Waals surface area (Å²) < 4.78 is 0. The molecule has 0 aromatic carbocycles. The van der Waals surface area contributed by atoms with E-state index in [9.17, 15) is 4.79 Å². The van der Waals surface area contributed by atoms with E-state index >= 15 is 0 Å². The fraction of sp³-hybridized carbons (Fsp3) is 0.909. The van der Waals surface area contributed by atoms with E-state index in [1.54, 1.807) is 0 Å². The van der Waals surface area contributed by atoms with Crippen molar-refractivity contribution in [2.75, 3.05) is 26.2 Å². The maximum atomic E-state index is 10.0. The molecule has 82 valence electrons. The number of likely N-dealkylation sites (tertiary alicyclic amines) is 1. The standard InChI is InChI=1S/C11H22N2O/c1-2-13-8-5-11(6-9-13)4-3-7-12-10-14/h10-11H,2-9H2,1H3,(H,12,14). The molecule has 1 N–H and O–H groups in total. The average molecular weight is 198 g/mol. The van der Waals surface area contributed by atoms with E-state index in [0.29, 0.717) is 0 Å². The predicted octanol–water partition coefficient (Wildman–Crippen LogP) is 1.24. The van der Waals surface area contributed by atoms with Gasteiger partial charge < -0.3 is 10.2 Å². The molecule has 0 unspecified atom stereocenters. The van der Waals surface area contributed by atoms with Crippen molar-refractivity contribution in [2.24, 2.45) is 5.92 Å². The van der Waals surface area contributed by atoms with E-state index < -0.39 is 0 Å².